The van der Waals surface area contributed by atoms with Crippen LogP contribution in [0.25, 0.3) is 0 Å². The number of guanidine groups is 1. The van der Waals surface area contributed by atoms with Crippen LogP contribution < -0.4 is 16.0 Å². The minimum Gasteiger partial charge on any atom is -0.379 e. The number of nitrogens with one attached hydrogen (secondary N) is 3. The fourth-order valence-corrected chi connectivity index (χ4v) is 2.97. The van der Waals surface area contributed by atoms with Gasteiger partial charge in [0.1, 0.15) is 5.82 Å². The van der Waals surface area contributed by atoms with E-state index < -0.39 is 0 Å². The van der Waals surface area contributed by atoms with Crippen LogP contribution in [0.4, 0.5) is 4.39 Å². The monoisotopic (exact) mass is 408 g/mol. The molecule has 2 rings (SSSR count). The maximum Gasteiger partial charge on any atom is 0.224 e. The van der Waals surface area contributed by atoms with Crippen LogP contribution in [0.2, 0.25) is 0 Å². The fraction of sp³-hybridized carbons (Fsp3) is 0.619. The van der Waals surface area contributed by atoms with Crippen LogP contribution in [0.15, 0.2) is 29.3 Å². The highest BCUT2D eigenvalue weighted by Crippen LogP contribution is 2.11. The first-order valence-electron chi connectivity index (χ1n) is 10.4. The van der Waals surface area contributed by atoms with Gasteiger partial charge in [-0.05, 0) is 43.9 Å². The van der Waals surface area contributed by atoms with Crippen LogP contribution in [0.5, 0.6) is 0 Å². The second-order valence-electron chi connectivity index (χ2n) is 6.91. The molecule has 29 heavy (non-hydrogen) atoms. The molecule has 7 nitrogen and oxygen atoms in total. The van der Waals surface area contributed by atoms with Crippen molar-refractivity contribution in [2.24, 2.45) is 4.99 Å². The van der Waals surface area contributed by atoms with E-state index in [9.17, 15) is 9.18 Å². The Bertz CT molecular complexity index is 636. The predicted octanol–water partition coefficient (Wildman–Crippen LogP) is 1.63. The van der Waals surface area contributed by atoms with Gasteiger partial charge in [0.25, 0.3) is 0 Å². The smallest absolute Gasteiger partial charge is 0.224 e. The molecule has 1 amide bonds. The molecule has 0 saturated carbocycles. The van der Waals surface area contributed by atoms with E-state index in [4.69, 9.17) is 9.47 Å². The summed E-state index contributed by atoms with van der Waals surface area (Å²) in [6, 6.07) is 6.08. The standard InChI is InChI=1S/C21H33FN4O3/c1-2-23-21(25-9-5-12-28-16-19-8-4-13-29-19)26-11-10-24-20(27)15-17-6-3-7-18(22)14-17/h3,6-7,14,19H,2,4-5,8-13,15-16H2,1H3,(H,24,27)(H2,23,25,26). The van der Waals surface area contributed by atoms with Crippen LogP contribution in [0.3, 0.4) is 0 Å². The van der Waals surface area contributed by atoms with Crippen LogP contribution >= 0.6 is 0 Å². The Hall–Kier alpha value is -2.19. The first kappa shape index (κ1) is 23.1. The zero-order valence-corrected chi connectivity index (χ0v) is 17.2. The van der Waals surface area contributed by atoms with E-state index in [-0.39, 0.29) is 24.2 Å². The molecule has 1 aliphatic rings. The van der Waals surface area contributed by atoms with Gasteiger partial charge in [-0.15, -0.1) is 0 Å². The van der Waals surface area contributed by atoms with Gasteiger partial charge in [0, 0.05) is 39.4 Å². The molecule has 3 N–H and O–H groups in total. The number of halogens is 1. The summed E-state index contributed by atoms with van der Waals surface area (Å²) in [5, 5.41) is 9.18. The van der Waals surface area contributed by atoms with E-state index in [1.165, 1.54) is 12.1 Å². The third kappa shape index (κ3) is 10.2. The average molecular weight is 409 g/mol. The number of hydrogen-bond acceptors (Lipinski definition) is 4. The first-order valence-corrected chi connectivity index (χ1v) is 10.4. The van der Waals surface area contributed by atoms with Crippen LogP contribution in [-0.4, -0.2) is 64.0 Å². The molecule has 1 saturated heterocycles. The number of carbonyl (C=O) groups is 1. The lowest BCUT2D eigenvalue weighted by Gasteiger charge is -2.12. The molecule has 8 heteroatoms. The summed E-state index contributed by atoms with van der Waals surface area (Å²) in [5.41, 5.74) is 0.659. The second-order valence-corrected chi connectivity index (χ2v) is 6.91. The lowest BCUT2D eigenvalue weighted by Crippen LogP contribution is -2.41. The lowest BCUT2D eigenvalue weighted by atomic mass is 10.1. The van der Waals surface area contributed by atoms with Crippen molar-refractivity contribution in [2.75, 3.05) is 46.0 Å². The number of benzene rings is 1. The number of rotatable bonds is 12. The zero-order chi connectivity index (χ0) is 20.7. The van der Waals surface area contributed by atoms with Crippen LogP contribution in [-0.2, 0) is 20.7 Å². The second kappa shape index (κ2) is 13.9. The third-order valence-corrected chi connectivity index (χ3v) is 4.38. The van der Waals surface area contributed by atoms with E-state index >= 15 is 0 Å². The molecule has 1 heterocycles. The molecule has 1 atom stereocenters. The summed E-state index contributed by atoms with van der Waals surface area (Å²) in [5.74, 6) is 0.245. The Morgan fingerprint density at radius 2 is 2.17 bits per heavy atom. The molecule has 1 aromatic carbocycles. The Kier molecular flexibility index (Phi) is 11.1. The number of nitrogens with zero attached hydrogens (tertiary/aromatic N) is 1. The van der Waals surface area contributed by atoms with Gasteiger partial charge in [-0.25, -0.2) is 4.39 Å². The summed E-state index contributed by atoms with van der Waals surface area (Å²) >= 11 is 0. The number of ether oxygens (including phenoxy) is 2. The van der Waals surface area contributed by atoms with Crippen LogP contribution in [0, 0.1) is 5.82 Å². The van der Waals surface area contributed by atoms with Crippen molar-refractivity contribution >= 4 is 11.9 Å². The molecule has 1 aliphatic heterocycles. The quantitative estimate of drug-likeness (QED) is 0.278. The number of hydrogen-bond donors (Lipinski definition) is 3. The number of aliphatic imine (C=N–C) groups is 1. The maximum atomic E-state index is 13.2. The van der Waals surface area contributed by atoms with Crippen molar-refractivity contribution in [3.63, 3.8) is 0 Å². The molecular formula is C21H33FN4O3. The largest absolute Gasteiger partial charge is 0.379 e. The highest BCUT2D eigenvalue weighted by atomic mass is 19.1. The molecule has 1 aromatic rings. The van der Waals surface area contributed by atoms with Crippen molar-refractivity contribution in [1.29, 1.82) is 0 Å². The van der Waals surface area contributed by atoms with Gasteiger partial charge in [-0.1, -0.05) is 12.1 Å². The number of carbonyl (C=O) groups excluding carboxylic acids is 1. The van der Waals surface area contributed by atoms with Crippen molar-refractivity contribution in [3.05, 3.63) is 35.6 Å². The maximum absolute atomic E-state index is 13.2. The molecule has 0 radical (unpaired) electrons. The van der Waals surface area contributed by atoms with Gasteiger partial charge >= 0.3 is 0 Å². The van der Waals surface area contributed by atoms with E-state index in [0.717, 1.165) is 32.4 Å². The van der Waals surface area contributed by atoms with Crippen molar-refractivity contribution in [2.45, 2.75) is 38.7 Å². The Labute approximate surface area is 172 Å². The first-order chi connectivity index (χ1) is 14.2. The van der Waals surface area contributed by atoms with Gasteiger partial charge in [0.2, 0.25) is 5.91 Å². The topological polar surface area (TPSA) is 84.0 Å². The van der Waals surface area contributed by atoms with Crippen molar-refractivity contribution in [1.82, 2.24) is 16.0 Å². The lowest BCUT2D eigenvalue weighted by molar-refractivity contribution is -0.120. The average Bonchev–Trinajstić information content (AvgIpc) is 3.21. The molecule has 0 spiro atoms. The van der Waals surface area contributed by atoms with E-state index in [1.807, 2.05) is 6.92 Å². The van der Waals surface area contributed by atoms with Gasteiger partial charge in [0.05, 0.1) is 19.1 Å². The molecule has 0 bridgehead atoms. The van der Waals surface area contributed by atoms with E-state index in [0.29, 0.717) is 44.4 Å². The summed E-state index contributed by atoms with van der Waals surface area (Å²) < 4.78 is 24.3. The van der Waals surface area contributed by atoms with E-state index in [2.05, 4.69) is 20.9 Å². The Morgan fingerprint density at radius 1 is 1.31 bits per heavy atom. The Balaban J connectivity index is 1.56. The van der Waals surface area contributed by atoms with Crippen molar-refractivity contribution < 1.29 is 18.7 Å². The van der Waals surface area contributed by atoms with Crippen LogP contribution in [0.1, 0.15) is 31.7 Å². The number of amides is 1. The summed E-state index contributed by atoms with van der Waals surface area (Å²) in [4.78, 5) is 16.4. The normalized spacial score (nSPS) is 16.6. The SMILES string of the molecule is CCNC(=NCCCOCC1CCCO1)NCCNC(=O)Cc1cccc(F)c1. The Morgan fingerprint density at radius 3 is 2.93 bits per heavy atom. The highest BCUT2D eigenvalue weighted by Gasteiger charge is 2.14. The molecular weight excluding hydrogens is 375 g/mol. The third-order valence-electron chi connectivity index (χ3n) is 4.38. The fourth-order valence-electron chi connectivity index (χ4n) is 2.97. The molecule has 1 unspecified atom stereocenters. The summed E-state index contributed by atoms with van der Waals surface area (Å²) in [6.45, 7) is 6.61. The minimum atomic E-state index is -0.333. The van der Waals surface area contributed by atoms with Gasteiger partial charge in [0.15, 0.2) is 5.96 Å². The van der Waals surface area contributed by atoms with E-state index in [1.54, 1.807) is 12.1 Å². The van der Waals surface area contributed by atoms with Crippen molar-refractivity contribution in [3.8, 4) is 0 Å². The highest BCUT2D eigenvalue weighted by molar-refractivity contribution is 5.80. The summed E-state index contributed by atoms with van der Waals surface area (Å²) in [6.07, 6.45) is 3.48. The molecule has 0 aliphatic carbocycles. The van der Waals surface area contributed by atoms with Gasteiger partial charge < -0.3 is 25.4 Å². The molecule has 0 aromatic heterocycles. The zero-order valence-electron chi connectivity index (χ0n) is 17.2. The summed E-state index contributed by atoms with van der Waals surface area (Å²) in [7, 11) is 0. The van der Waals surface area contributed by atoms with Gasteiger partial charge in [-0.2, -0.15) is 0 Å². The molecule has 1 fully saturated rings. The minimum absolute atomic E-state index is 0.136. The molecule has 162 valence electrons. The predicted molar refractivity (Wildman–Crippen MR) is 112 cm³/mol. The van der Waals surface area contributed by atoms with Gasteiger partial charge in [-0.3, -0.25) is 9.79 Å².